The minimum Gasteiger partial charge on any atom is -0.394 e. The first kappa shape index (κ1) is 25.7. The SMILES string of the molecule is O=C(Cc1ccc2ccccc2c1)N[C@H](Cc1ccccc1)C(=O)N[C@H]1C(O)OC(CO)[C@@H](O)[C@@H]1O. The molecule has 0 bridgehead atoms. The van der Waals surface area contributed by atoms with Crippen molar-refractivity contribution in [2.45, 2.75) is 49.5 Å². The van der Waals surface area contributed by atoms with E-state index in [9.17, 15) is 30.0 Å². The van der Waals surface area contributed by atoms with E-state index < -0.39 is 49.2 Å². The highest BCUT2D eigenvalue weighted by molar-refractivity contribution is 5.90. The van der Waals surface area contributed by atoms with Crippen LogP contribution >= 0.6 is 0 Å². The Hall–Kier alpha value is -3.34. The molecule has 3 aromatic carbocycles. The zero-order chi connectivity index (χ0) is 25.7. The van der Waals surface area contributed by atoms with Gasteiger partial charge in [0, 0.05) is 6.42 Å². The van der Waals surface area contributed by atoms with Gasteiger partial charge in [0.25, 0.3) is 0 Å². The van der Waals surface area contributed by atoms with Gasteiger partial charge in [-0.1, -0.05) is 72.8 Å². The van der Waals surface area contributed by atoms with Crippen LogP contribution in [0.1, 0.15) is 11.1 Å². The molecule has 0 radical (unpaired) electrons. The molecule has 0 saturated carbocycles. The predicted octanol–water partition coefficient (Wildman–Crippen LogP) is 0.0259. The topological polar surface area (TPSA) is 148 Å². The normalized spacial score (nSPS) is 24.7. The molecule has 2 unspecified atom stereocenters. The summed E-state index contributed by atoms with van der Waals surface area (Å²) in [6.45, 7) is -0.614. The van der Waals surface area contributed by atoms with Crippen LogP contribution in [0.2, 0.25) is 0 Å². The molecule has 4 rings (SSSR count). The van der Waals surface area contributed by atoms with Gasteiger partial charge in [0.15, 0.2) is 6.29 Å². The summed E-state index contributed by atoms with van der Waals surface area (Å²) in [5.74, 6) is -1.03. The number of amides is 2. The molecule has 1 saturated heterocycles. The summed E-state index contributed by atoms with van der Waals surface area (Å²) in [6.07, 6.45) is -5.73. The molecule has 0 aliphatic carbocycles. The van der Waals surface area contributed by atoms with Crippen LogP contribution in [-0.2, 0) is 27.2 Å². The summed E-state index contributed by atoms with van der Waals surface area (Å²) in [5, 5.41) is 47.3. The van der Waals surface area contributed by atoms with Crippen molar-refractivity contribution in [3.63, 3.8) is 0 Å². The Balaban J connectivity index is 1.48. The van der Waals surface area contributed by atoms with Crippen LogP contribution in [-0.4, -0.2) is 75.5 Å². The van der Waals surface area contributed by atoms with E-state index in [1.807, 2.05) is 72.8 Å². The molecule has 1 aliphatic rings. The largest absolute Gasteiger partial charge is 0.394 e. The van der Waals surface area contributed by atoms with E-state index in [4.69, 9.17) is 4.74 Å². The number of carbonyl (C=O) groups is 2. The van der Waals surface area contributed by atoms with E-state index in [1.54, 1.807) is 0 Å². The summed E-state index contributed by atoms with van der Waals surface area (Å²) in [4.78, 5) is 26.1. The van der Waals surface area contributed by atoms with Crippen molar-refractivity contribution < 1.29 is 34.8 Å². The molecule has 6 N–H and O–H groups in total. The van der Waals surface area contributed by atoms with Gasteiger partial charge in [-0.05, 0) is 21.9 Å². The molecular weight excluding hydrogens is 464 g/mol. The maximum Gasteiger partial charge on any atom is 0.243 e. The van der Waals surface area contributed by atoms with Gasteiger partial charge in [0.05, 0.1) is 13.0 Å². The maximum atomic E-state index is 13.2. The van der Waals surface area contributed by atoms with Crippen LogP contribution in [0.4, 0.5) is 0 Å². The number of fused-ring (bicyclic) bond motifs is 1. The van der Waals surface area contributed by atoms with E-state index in [2.05, 4.69) is 10.6 Å². The molecule has 36 heavy (non-hydrogen) atoms. The first-order valence-electron chi connectivity index (χ1n) is 11.8. The molecular formula is C27H30N2O7. The maximum absolute atomic E-state index is 13.2. The number of ether oxygens (including phenoxy) is 1. The van der Waals surface area contributed by atoms with Gasteiger partial charge in [-0.2, -0.15) is 0 Å². The Labute approximate surface area is 208 Å². The molecule has 1 fully saturated rings. The first-order chi connectivity index (χ1) is 17.4. The lowest BCUT2D eigenvalue weighted by Gasteiger charge is -2.40. The van der Waals surface area contributed by atoms with Crippen LogP contribution in [0, 0.1) is 0 Å². The lowest BCUT2D eigenvalue weighted by molar-refractivity contribution is -0.254. The Morgan fingerprint density at radius 3 is 2.28 bits per heavy atom. The number of nitrogens with one attached hydrogen (secondary N) is 2. The summed E-state index contributed by atoms with van der Waals surface area (Å²) in [6, 6.07) is 20.2. The second-order valence-electron chi connectivity index (χ2n) is 8.93. The summed E-state index contributed by atoms with van der Waals surface area (Å²) >= 11 is 0. The summed E-state index contributed by atoms with van der Waals surface area (Å²) in [5.41, 5.74) is 1.58. The predicted molar refractivity (Wildman–Crippen MR) is 132 cm³/mol. The van der Waals surface area contributed by atoms with Crippen molar-refractivity contribution in [2.24, 2.45) is 0 Å². The van der Waals surface area contributed by atoms with E-state index >= 15 is 0 Å². The van der Waals surface area contributed by atoms with E-state index in [0.29, 0.717) is 0 Å². The molecule has 190 valence electrons. The summed E-state index contributed by atoms with van der Waals surface area (Å²) in [7, 11) is 0. The molecule has 3 aromatic rings. The highest BCUT2D eigenvalue weighted by Gasteiger charge is 2.44. The fraction of sp³-hybridized carbons (Fsp3) is 0.333. The molecule has 0 aromatic heterocycles. The molecule has 2 amide bonds. The number of benzene rings is 3. The lowest BCUT2D eigenvalue weighted by atomic mass is 9.96. The van der Waals surface area contributed by atoms with E-state index in [1.165, 1.54) is 0 Å². The minimum absolute atomic E-state index is 0.0537. The Kier molecular flexibility index (Phi) is 8.29. The third-order valence-electron chi connectivity index (χ3n) is 6.32. The second kappa shape index (κ2) is 11.6. The lowest BCUT2D eigenvalue weighted by Crippen LogP contribution is -2.65. The van der Waals surface area contributed by atoms with Crippen molar-refractivity contribution in [1.29, 1.82) is 0 Å². The van der Waals surface area contributed by atoms with Crippen LogP contribution in [0.15, 0.2) is 72.8 Å². The van der Waals surface area contributed by atoms with Crippen molar-refractivity contribution in [2.75, 3.05) is 6.61 Å². The van der Waals surface area contributed by atoms with Crippen molar-refractivity contribution in [3.8, 4) is 0 Å². The van der Waals surface area contributed by atoms with Gasteiger partial charge in [-0.25, -0.2) is 0 Å². The Bertz CT molecular complexity index is 1190. The standard InChI is InChI=1S/C27H30N2O7/c30-15-21-24(32)25(33)23(27(35)36-21)29-26(34)20(13-16-6-2-1-3-7-16)28-22(31)14-17-10-11-18-8-4-5-9-19(18)12-17/h1-12,20-21,23-25,27,30,32-33,35H,13-15H2,(H,28,31)(H,29,34)/t20-,21?,23-,24-,25-,27?/m1/s1. The van der Waals surface area contributed by atoms with Crippen molar-refractivity contribution in [3.05, 3.63) is 83.9 Å². The number of aliphatic hydroxyl groups is 4. The van der Waals surface area contributed by atoms with Gasteiger partial charge in [0.2, 0.25) is 11.8 Å². The smallest absolute Gasteiger partial charge is 0.243 e. The minimum atomic E-state index is -1.66. The first-order valence-corrected chi connectivity index (χ1v) is 11.8. The average Bonchev–Trinajstić information content (AvgIpc) is 2.88. The fourth-order valence-corrected chi connectivity index (χ4v) is 4.36. The third kappa shape index (κ3) is 6.07. The van der Waals surface area contributed by atoms with Gasteiger partial charge >= 0.3 is 0 Å². The third-order valence-corrected chi connectivity index (χ3v) is 6.32. The Morgan fingerprint density at radius 1 is 0.861 bits per heavy atom. The van der Waals surface area contributed by atoms with Crippen LogP contribution in [0.25, 0.3) is 10.8 Å². The number of aliphatic hydroxyl groups excluding tert-OH is 4. The molecule has 9 nitrogen and oxygen atoms in total. The van der Waals surface area contributed by atoms with Gasteiger partial charge in [-0.3, -0.25) is 9.59 Å². The number of rotatable bonds is 8. The quantitative estimate of drug-likeness (QED) is 0.259. The number of carbonyl (C=O) groups excluding carboxylic acids is 2. The van der Waals surface area contributed by atoms with Crippen LogP contribution < -0.4 is 10.6 Å². The van der Waals surface area contributed by atoms with E-state index in [-0.39, 0.29) is 18.7 Å². The van der Waals surface area contributed by atoms with Gasteiger partial charge < -0.3 is 35.8 Å². The number of hydrogen-bond acceptors (Lipinski definition) is 7. The molecule has 6 atom stereocenters. The molecule has 1 aliphatic heterocycles. The zero-order valence-electron chi connectivity index (χ0n) is 19.5. The van der Waals surface area contributed by atoms with Crippen molar-refractivity contribution in [1.82, 2.24) is 10.6 Å². The fourth-order valence-electron chi connectivity index (χ4n) is 4.36. The average molecular weight is 495 g/mol. The monoisotopic (exact) mass is 494 g/mol. The highest BCUT2D eigenvalue weighted by Crippen LogP contribution is 2.20. The number of hydrogen-bond donors (Lipinski definition) is 6. The van der Waals surface area contributed by atoms with Crippen molar-refractivity contribution >= 4 is 22.6 Å². The van der Waals surface area contributed by atoms with Gasteiger partial charge in [0.1, 0.15) is 30.4 Å². The van der Waals surface area contributed by atoms with E-state index in [0.717, 1.165) is 21.9 Å². The molecule has 1 heterocycles. The molecule has 9 heteroatoms. The van der Waals surface area contributed by atoms with Gasteiger partial charge in [-0.15, -0.1) is 0 Å². The van der Waals surface area contributed by atoms with Crippen LogP contribution in [0.3, 0.4) is 0 Å². The highest BCUT2D eigenvalue weighted by atomic mass is 16.6. The summed E-state index contributed by atoms with van der Waals surface area (Å²) < 4.78 is 5.12. The van der Waals surface area contributed by atoms with Crippen LogP contribution in [0.5, 0.6) is 0 Å². The Morgan fingerprint density at radius 2 is 1.56 bits per heavy atom. The molecule has 0 spiro atoms. The second-order valence-corrected chi connectivity index (χ2v) is 8.93. The zero-order valence-corrected chi connectivity index (χ0v) is 19.5.